The van der Waals surface area contributed by atoms with Crippen LogP contribution in [0, 0.1) is 0 Å². The summed E-state index contributed by atoms with van der Waals surface area (Å²) in [6.07, 6.45) is 1.73. The molecule has 0 bridgehead atoms. The maximum atomic E-state index is 11.3. The summed E-state index contributed by atoms with van der Waals surface area (Å²) < 4.78 is 6.84. The number of primary amides is 1. The molecule has 104 valence electrons. The Morgan fingerprint density at radius 3 is 2.70 bits per heavy atom. The molecule has 3 N–H and O–H groups in total. The molecule has 1 aromatic carbocycles. The van der Waals surface area contributed by atoms with E-state index < -0.39 is 11.8 Å². The van der Waals surface area contributed by atoms with E-state index >= 15 is 0 Å². The van der Waals surface area contributed by atoms with Gasteiger partial charge in [0.15, 0.2) is 6.61 Å². The fourth-order valence-electron chi connectivity index (χ4n) is 1.48. The molecule has 7 nitrogen and oxygen atoms in total. The Morgan fingerprint density at radius 1 is 1.25 bits per heavy atom. The van der Waals surface area contributed by atoms with E-state index in [2.05, 4.69) is 10.4 Å². The zero-order valence-electron chi connectivity index (χ0n) is 10.7. The standard InChI is InChI=1S/C13H14N4O3/c14-11(18)8-15-12(19)9-20-13-6-7-17(16-13)10-4-2-1-3-5-10/h1-7H,8-9H2,(H2,14,18)(H,15,19). The number of aromatic nitrogens is 2. The molecule has 20 heavy (non-hydrogen) atoms. The number of rotatable bonds is 6. The van der Waals surface area contributed by atoms with E-state index in [9.17, 15) is 9.59 Å². The lowest BCUT2D eigenvalue weighted by atomic mass is 10.3. The number of amides is 2. The molecule has 2 rings (SSSR count). The first-order valence-corrected chi connectivity index (χ1v) is 5.94. The Kier molecular flexibility index (Phi) is 4.33. The van der Waals surface area contributed by atoms with Crippen LogP contribution in [0.25, 0.3) is 5.69 Å². The van der Waals surface area contributed by atoms with Gasteiger partial charge in [0.1, 0.15) is 0 Å². The van der Waals surface area contributed by atoms with Gasteiger partial charge >= 0.3 is 0 Å². The Labute approximate surface area is 115 Å². The van der Waals surface area contributed by atoms with Crippen molar-refractivity contribution in [3.05, 3.63) is 42.6 Å². The van der Waals surface area contributed by atoms with Crippen molar-refractivity contribution in [3.8, 4) is 11.6 Å². The Morgan fingerprint density at radius 2 is 2.00 bits per heavy atom. The second-order valence-electron chi connectivity index (χ2n) is 3.97. The summed E-state index contributed by atoms with van der Waals surface area (Å²) in [7, 11) is 0. The summed E-state index contributed by atoms with van der Waals surface area (Å²) in [5, 5.41) is 6.49. The van der Waals surface area contributed by atoms with Crippen LogP contribution in [-0.4, -0.2) is 34.7 Å². The lowest BCUT2D eigenvalue weighted by Crippen LogP contribution is -2.36. The number of carbonyl (C=O) groups excluding carboxylic acids is 2. The molecule has 1 aromatic heterocycles. The number of ether oxygens (including phenoxy) is 1. The van der Waals surface area contributed by atoms with E-state index in [0.29, 0.717) is 5.88 Å². The van der Waals surface area contributed by atoms with E-state index in [0.717, 1.165) is 5.69 Å². The molecule has 1 heterocycles. The molecule has 2 amide bonds. The van der Waals surface area contributed by atoms with Gasteiger partial charge < -0.3 is 15.8 Å². The van der Waals surface area contributed by atoms with Crippen molar-refractivity contribution in [1.29, 1.82) is 0 Å². The van der Waals surface area contributed by atoms with Crippen LogP contribution in [-0.2, 0) is 9.59 Å². The van der Waals surface area contributed by atoms with Crippen molar-refractivity contribution >= 4 is 11.8 Å². The monoisotopic (exact) mass is 274 g/mol. The predicted octanol–water partition coefficient (Wildman–Crippen LogP) is -0.147. The molecule has 0 aliphatic carbocycles. The summed E-state index contributed by atoms with van der Waals surface area (Å²) >= 11 is 0. The van der Waals surface area contributed by atoms with Crippen molar-refractivity contribution in [2.45, 2.75) is 0 Å². The maximum absolute atomic E-state index is 11.3. The number of para-hydroxylation sites is 1. The zero-order valence-corrected chi connectivity index (χ0v) is 10.7. The highest BCUT2D eigenvalue weighted by Gasteiger charge is 2.06. The number of carbonyl (C=O) groups is 2. The van der Waals surface area contributed by atoms with E-state index in [1.807, 2.05) is 30.3 Å². The molecule has 0 aliphatic heterocycles. The van der Waals surface area contributed by atoms with Crippen molar-refractivity contribution in [3.63, 3.8) is 0 Å². The number of nitrogens with zero attached hydrogens (tertiary/aromatic N) is 2. The summed E-state index contributed by atoms with van der Waals surface area (Å²) in [4.78, 5) is 21.8. The van der Waals surface area contributed by atoms with Crippen molar-refractivity contribution in [2.24, 2.45) is 5.73 Å². The van der Waals surface area contributed by atoms with Crippen molar-refractivity contribution in [2.75, 3.05) is 13.2 Å². The van der Waals surface area contributed by atoms with Crippen LogP contribution in [0.1, 0.15) is 0 Å². The first-order chi connectivity index (χ1) is 9.65. The van der Waals surface area contributed by atoms with Gasteiger partial charge in [0.05, 0.1) is 12.2 Å². The van der Waals surface area contributed by atoms with Gasteiger partial charge in [-0.2, -0.15) is 0 Å². The van der Waals surface area contributed by atoms with Gasteiger partial charge in [-0.1, -0.05) is 18.2 Å². The molecule has 7 heteroatoms. The van der Waals surface area contributed by atoms with Gasteiger partial charge in [-0.3, -0.25) is 9.59 Å². The summed E-state index contributed by atoms with van der Waals surface area (Å²) in [6.45, 7) is -0.431. The molecule has 2 aromatic rings. The Bertz CT molecular complexity index is 595. The molecule has 0 spiro atoms. The number of nitrogens with two attached hydrogens (primary N) is 1. The molecule has 0 aliphatic rings. The fraction of sp³-hybridized carbons (Fsp3) is 0.154. The first kappa shape index (κ1) is 13.6. The van der Waals surface area contributed by atoms with Crippen molar-refractivity contribution < 1.29 is 14.3 Å². The third-order valence-corrected chi connectivity index (χ3v) is 2.40. The van der Waals surface area contributed by atoms with Gasteiger partial charge in [-0.25, -0.2) is 4.68 Å². The number of hydrogen-bond donors (Lipinski definition) is 2. The number of benzene rings is 1. The highest BCUT2D eigenvalue weighted by Crippen LogP contribution is 2.11. The third-order valence-electron chi connectivity index (χ3n) is 2.40. The highest BCUT2D eigenvalue weighted by molar-refractivity contribution is 5.84. The minimum Gasteiger partial charge on any atom is -0.466 e. The van der Waals surface area contributed by atoms with Gasteiger partial charge in [0.25, 0.3) is 5.91 Å². The SMILES string of the molecule is NC(=O)CNC(=O)COc1ccn(-c2ccccc2)n1. The quantitative estimate of drug-likeness (QED) is 0.765. The van der Waals surface area contributed by atoms with E-state index in [1.54, 1.807) is 16.9 Å². The van der Waals surface area contributed by atoms with E-state index in [-0.39, 0.29) is 13.2 Å². The van der Waals surface area contributed by atoms with Crippen molar-refractivity contribution in [1.82, 2.24) is 15.1 Å². The minimum absolute atomic E-state index is 0.208. The number of nitrogens with one attached hydrogen (secondary N) is 1. The van der Waals surface area contributed by atoms with Crippen LogP contribution in [0.5, 0.6) is 5.88 Å². The van der Waals surface area contributed by atoms with Crippen LogP contribution in [0.15, 0.2) is 42.6 Å². The predicted molar refractivity (Wildman–Crippen MR) is 71.3 cm³/mol. The lowest BCUT2D eigenvalue weighted by molar-refractivity contribution is -0.126. The molecule has 0 saturated heterocycles. The van der Waals surface area contributed by atoms with Gasteiger partial charge in [0, 0.05) is 12.3 Å². The summed E-state index contributed by atoms with van der Waals surface area (Å²) in [5.74, 6) is -0.715. The zero-order chi connectivity index (χ0) is 14.4. The van der Waals surface area contributed by atoms with Crippen LogP contribution < -0.4 is 15.8 Å². The van der Waals surface area contributed by atoms with Crippen LogP contribution in [0.2, 0.25) is 0 Å². The van der Waals surface area contributed by atoms with E-state index in [4.69, 9.17) is 10.5 Å². The second kappa shape index (κ2) is 6.37. The first-order valence-electron chi connectivity index (χ1n) is 5.94. The van der Waals surface area contributed by atoms with Crippen LogP contribution >= 0.6 is 0 Å². The molecular formula is C13H14N4O3. The summed E-state index contributed by atoms with van der Waals surface area (Å²) in [6, 6.07) is 11.2. The van der Waals surface area contributed by atoms with Gasteiger partial charge in [-0.05, 0) is 12.1 Å². The molecule has 0 radical (unpaired) electrons. The Balaban J connectivity index is 1.87. The molecule has 0 atom stereocenters. The molecule has 0 unspecified atom stereocenters. The molecular weight excluding hydrogens is 260 g/mol. The topological polar surface area (TPSA) is 99.2 Å². The van der Waals surface area contributed by atoms with E-state index in [1.165, 1.54) is 0 Å². The molecule has 0 saturated carbocycles. The highest BCUT2D eigenvalue weighted by atomic mass is 16.5. The van der Waals surface area contributed by atoms with Gasteiger partial charge in [-0.15, -0.1) is 5.10 Å². The fourth-order valence-corrected chi connectivity index (χ4v) is 1.48. The summed E-state index contributed by atoms with van der Waals surface area (Å²) in [5.41, 5.74) is 5.79. The Hall–Kier alpha value is -2.83. The minimum atomic E-state index is -0.605. The second-order valence-corrected chi connectivity index (χ2v) is 3.97. The normalized spacial score (nSPS) is 10.0. The average Bonchev–Trinajstić information content (AvgIpc) is 2.93. The average molecular weight is 274 g/mol. The lowest BCUT2D eigenvalue weighted by Gasteiger charge is -2.03. The van der Waals surface area contributed by atoms with Crippen LogP contribution in [0.3, 0.4) is 0 Å². The third kappa shape index (κ3) is 3.84. The van der Waals surface area contributed by atoms with Gasteiger partial charge in [0.2, 0.25) is 11.8 Å². The van der Waals surface area contributed by atoms with Crippen LogP contribution in [0.4, 0.5) is 0 Å². The largest absolute Gasteiger partial charge is 0.466 e. The maximum Gasteiger partial charge on any atom is 0.258 e. The smallest absolute Gasteiger partial charge is 0.258 e. The number of hydrogen-bond acceptors (Lipinski definition) is 4. The molecule has 0 fully saturated rings.